The van der Waals surface area contributed by atoms with Crippen molar-refractivity contribution in [1.29, 1.82) is 0 Å². The van der Waals surface area contributed by atoms with Crippen LogP contribution in [0.5, 0.6) is 0 Å². The Hall–Kier alpha value is -1.39. The van der Waals surface area contributed by atoms with Gasteiger partial charge in [-0.05, 0) is 12.1 Å². The number of halogens is 2. The topological polar surface area (TPSA) is 66.7 Å². The molecule has 1 aliphatic rings. The molecule has 4 nitrogen and oxygen atoms in total. The van der Waals surface area contributed by atoms with Crippen LogP contribution >= 0.6 is 23.2 Å². The fourth-order valence-corrected chi connectivity index (χ4v) is 2.11. The van der Waals surface area contributed by atoms with Crippen LogP contribution in [0.1, 0.15) is 11.5 Å². The maximum absolute atomic E-state index is 11.4. The van der Waals surface area contributed by atoms with E-state index >= 15 is 0 Å². The summed E-state index contributed by atoms with van der Waals surface area (Å²) in [6.45, 7) is 0. The van der Waals surface area contributed by atoms with Gasteiger partial charge >= 0.3 is 5.97 Å². The molecule has 6 heteroatoms. The minimum Gasteiger partial charge on any atom is -0.480 e. The molecule has 0 bridgehead atoms. The molecule has 2 rings (SSSR count). The highest BCUT2D eigenvalue weighted by Gasteiger charge is 2.33. The standard InChI is InChI=1S/C10H5Cl2NO3/c11-4-1-5-8(10(15)16)7(14)3-13-9(5)6(12)2-4/h1-3,8H,(H,15,16). The van der Waals surface area contributed by atoms with Gasteiger partial charge in [-0.3, -0.25) is 14.6 Å². The summed E-state index contributed by atoms with van der Waals surface area (Å²) in [5, 5.41) is 9.48. The zero-order chi connectivity index (χ0) is 11.9. The van der Waals surface area contributed by atoms with Crippen molar-refractivity contribution in [2.24, 2.45) is 4.99 Å². The van der Waals surface area contributed by atoms with E-state index in [1.807, 2.05) is 0 Å². The van der Waals surface area contributed by atoms with E-state index in [2.05, 4.69) is 4.99 Å². The van der Waals surface area contributed by atoms with Gasteiger partial charge in [-0.25, -0.2) is 0 Å². The number of Topliss-reactive ketones (excluding diaryl/α,β-unsaturated/α-hetero) is 1. The minimum absolute atomic E-state index is 0.234. The molecule has 1 heterocycles. The molecule has 1 aliphatic heterocycles. The third-order valence-electron chi connectivity index (χ3n) is 2.22. The first-order valence-corrected chi connectivity index (χ1v) is 5.06. The van der Waals surface area contributed by atoms with E-state index in [4.69, 9.17) is 28.3 Å². The highest BCUT2D eigenvalue weighted by molar-refractivity contribution is 6.40. The lowest BCUT2D eigenvalue weighted by Gasteiger charge is -2.17. The molecule has 0 radical (unpaired) electrons. The smallest absolute Gasteiger partial charge is 0.319 e. The van der Waals surface area contributed by atoms with Crippen molar-refractivity contribution >= 4 is 46.9 Å². The number of fused-ring (bicyclic) bond motifs is 1. The largest absolute Gasteiger partial charge is 0.480 e. The Bertz CT molecular complexity index is 525. The molecule has 82 valence electrons. The summed E-state index contributed by atoms with van der Waals surface area (Å²) in [6.07, 6.45) is 0.973. The fourth-order valence-electron chi connectivity index (χ4n) is 1.55. The highest BCUT2D eigenvalue weighted by atomic mass is 35.5. The average molecular weight is 258 g/mol. The molecule has 1 N–H and O–H groups in total. The minimum atomic E-state index is -1.27. The van der Waals surface area contributed by atoms with Gasteiger partial charge in [-0.1, -0.05) is 23.2 Å². The first-order valence-electron chi connectivity index (χ1n) is 4.30. The van der Waals surface area contributed by atoms with Crippen molar-refractivity contribution in [3.05, 3.63) is 27.7 Å². The van der Waals surface area contributed by atoms with Crippen molar-refractivity contribution in [2.45, 2.75) is 5.92 Å². The lowest BCUT2D eigenvalue weighted by Crippen LogP contribution is -2.25. The molecular weight excluding hydrogens is 253 g/mol. The number of nitrogens with zero attached hydrogens (tertiary/aromatic N) is 1. The summed E-state index contributed by atoms with van der Waals surface area (Å²) < 4.78 is 0. The lowest BCUT2D eigenvalue weighted by atomic mass is 9.92. The number of carbonyl (C=O) groups excluding carboxylic acids is 1. The first-order chi connectivity index (χ1) is 7.50. The second kappa shape index (κ2) is 3.88. The Morgan fingerprint density at radius 1 is 1.38 bits per heavy atom. The number of hydrogen-bond acceptors (Lipinski definition) is 3. The third-order valence-corrected chi connectivity index (χ3v) is 2.73. The molecule has 0 aliphatic carbocycles. The molecule has 0 fully saturated rings. The van der Waals surface area contributed by atoms with Gasteiger partial charge in [0.05, 0.1) is 16.9 Å². The predicted molar refractivity (Wildman–Crippen MR) is 60.0 cm³/mol. The van der Waals surface area contributed by atoms with Crippen LogP contribution in [-0.2, 0) is 9.59 Å². The van der Waals surface area contributed by atoms with E-state index in [1.54, 1.807) is 0 Å². The number of benzene rings is 1. The Kier molecular flexibility index (Phi) is 2.69. The van der Waals surface area contributed by atoms with Crippen LogP contribution in [-0.4, -0.2) is 23.1 Å². The lowest BCUT2D eigenvalue weighted by molar-refractivity contribution is -0.141. The van der Waals surface area contributed by atoms with Crippen LogP contribution in [0.3, 0.4) is 0 Å². The molecule has 0 aromatic heterocycles. The molecule has 1 atom stereocenters. The van der Waals surface area contributed by atoms with Crippen LogP contribution in [0, 0.1) is 0 Å². The zero-order valence-electron chi connectivity index (χ0n) is 7.78. The molecule has 1 unspecified atom stereocenters. The summed E-state index contributed by atoms with van der Waals surface area (Å²) in [4.78, 5) is 26.2. The second-order valence-electron chi connectivity index (χ2n) is 3.26. The van der Waals surface area contributed by atoms with Crippen LogP contribution < -0.4 is 0 Å². The molecule has 0 saturated carbocycles. The van der Waals surface area contributed by atoms with Gasteiger partial charge in [0.2, 0.25) is 0 Å². The van der Waals surface area contributed by atoms with E-state index < -0.39 is 17.7 Å². The summed E-state index contributed by atoms with van der Waals surface area (Å²) >= 11 is 11.6. The number of rotatable bonds is 1. The normalized spacial score (nSPS) is 18.4. The number of carboxylic acids is 1. The number of aliphatic carboxylic acids is 1. The molecule has 1 aromatic carbocycles. The second-order valence-corrected chi connectivity index (χ2v) is 4.10. The Balaban J connectivity index is 2.69. The van der Waals surface area contributed by atoms with Gasteiger partial charge in [-0.2, -0.15) is 0 Å². The van der Waals surface area contributed by atoms with E-state index in [0.717, 1.165) is 6.21 Å². The summed E-state index contributed by atoms with van der Waals surface area (Å²) in [5.41, 5.74) is 0.524. The van der Waals surface area contributed by atoms with Crippen LogP contribution in [0.4, 0.5) is 5.69 Å². The number of carboxylic acid groups (broad SMARTS) is 1. The monoisotopic (exact) mass is 257 g/mol. The van der Waals surface area contributed by atoms with Gasteiger partial charge in [0, 0.05) is 10.6 Å². The molecule has 0 saturated heterocycles. The molecule has 16 heavy (non-hydrogen) atoms. The van der Waals surface area contributed by atoms with Gasteiger partial charge in [-0.15, -0.1) is 0 Å². The van der Waals surface area contributed by atoms with Crippen molar-refractivity contribution in [2.75, 3.05) is 0 Å². The van der Waals surface area contributed by atoms with Gasteiger partial charge in [0.25, 0.3) is 0 Å². The number of hydrogen-bond donors (Lipinski definition) is 1. The maximum atomic E-state index is 11.4. The molecule has 1 aromatic rings. The maximum Gasteiger partial charge on any atom is 0.319 e. The van der Waals surface area contributed by atoms with Gasteiger partial charge < -0.3 is 5.11 Å². The quantitative estimate of drug-likeness (QED) is 0.786. The van der Waals surface area contributed by atoms with Crippen molar-refractivity contribution < 1.29 is 14.7 Å². The molecule has 0 spiro atoms. The summed E-state index contributed by atoms with van der Waals surface area (Å²) in [7, 11) is 0. The van der Waals surface area contributed by atoms with Crippen molar-refractivity contribution in [1.82, 2.24) is 0 Å². The number of ketones is 1. The van der Waals surface area contributed by atoms with Crippen LogP contribution in [0.25, 0.3) is 0 Å². The Labute approximate surface area is 101 Å². The first kappa shape index (κ1) is 11.1. The van der Waals surface area contributed by atoms with E-state index in [1.165, 1.54) is 12.1 Å². The van der Waals surface area contributed by atoms with Gasteiger partial charge in [0.1, 0.15) is 5.92 Å². The van der Waals surface area contributed by atoms with Crippen molar-refractivity contribution in [3.8, 4) is 0 Å². The fraction of sp³-hybridized carbons (Fsp3) is 0.100. The summed E-state index contributed by atoms with van der Waals surface area (Å²) in [5.74, 6) is -3.10. The number of carbonyl (C=O) groups is 2. The predicted octanol–water partition coefficient (Wildman–Crippen LogP) is 2.45. The zero-order valence-corrected chi connectivity index (χ0v) is 9.29. The van der Waals surface area contributed by atoms with E-state index in [0.29, 0.717) is 0 Å². The number of aliphatic imine (C=N–C) groups is 1. The Morgan fingerprint density at radius 2 is 2.06 bits per heavy atom. The van der Waals surface area contributed by atoms with Crippen LogP contribution in [0.15, 0.2) is 17.1 Å². The Morgan fingerprint density at radius 3 is 2.69 bits per heavy atom. The highest BCUT2D eigenvalue weighted by Crippen LogP contribution is 2.39. The average Bonchev–Trinajstić information content (AvgIpc) is 2.15. The third kappa shape index (κ3) is 1.70. The van der Waals surface area contributed by atoms with E-state index in [9.17, 15) is 9.59 Å². The molecule has 0 amide bonds. The van der Waals surface area contributed by atoms with E-state index in [-0.39, 0.29) is 21.3 Å². The van der Waals surface area contributed by atoms with Crippen molar-refractivity contribution in [3.63, 3.8) is 0 Å². The SMILES string of the molecule is O=C(O)C1C(=O)C=Nc2c(Cl)cc(Cl)cc21. The summed E-state index contributed by atoms with van der Waals surface area (Å²) in [6, 6.07) is 2.85. The molecular formula is C10H5Cl2NO3. The van der Waals surface area contributed by atoms with Gasteiger partial charge in [0.15, 0.2) is 5.78 Å². The van der Waals surface area contributed by atoms with Crippen LogP contribution in [0.2, 0.25) is 10.0 Å².